The zero-order chi connectivity index (χ0) is 24.3. The predicted octanol–water partition coefficient (Wildman–Crippen LogP) is 2.82. The summed E-state index contributed by atoms with van der Waals surface area (Å²) in [6.45, 7) is 3.06. The molecule has 1 amide bonds. The molecule has 4 rings (SSSR count). The molecule has 2 saturated heterocycles. The summed E-state index contributed by atoms with van der Waals surface area (Å²) < 4.78 is 76.7. The normalized spacial score (nSPS) is 18.0. The minimum atomic E-state index is -4.51. The number of halogens is 3. The van der Waals surface area contributed by atoms with Crippen molar-refractivity contribution in [2.45, 2.75) is 11.1 Å². The van der Waals surface area contributed by atoms with E-state index in [0.717, 1.165) is 24.3 Å². The van der Waals surface area contributed by atoms with Crippen molar-refractivity contribution in [3.8, 4) is 0 Å². The molecule has 0 radical (unpaired) electrons. The van der Waals surface area contributed by atoms with Gasteiger partial charge in [0.05, 0.1) is 48.3 Å². The second kappa shape index (κ2) is 9.90. The Hall–Kier alpha value is -2.67. The number of hydrogen-bond donors (Lipinski definition) is 1. The van der Waals surface area contributed by atoms with Crippen LogP contribution in [-0.4, -0.2) is 71.2 Å². The SMILES string of the molecule is O=C(Nc1cc(S(=O)(=O)N2CCOCC2)ccc1N1CCOCC1)c1ccc(C(F)(F)F)cc1. The highest BCUT2D eigenvalue weighted by atomic mass is 32.2. The average molecular weight is 500 g/mol. The highest BCUT2D eigenvalue weighted by molar-refractivity contribution is 7.89. The van der Waals surface area contributed by atoms with Crippen molar-refractivity contribution >= 4 is 27.3 Å². The minimum absolute atomic E-state index is 0.00845. The summed E-state index contributed by atoms with van der Waals surface area (Å²) in [5, 5.41) is 2.69. The molecular weight excluding hydrogens is 475 g/mol. The summed E-state index contributed by atoms with van der Waals surface area (Å²) in [6, 6.07) is 8.33. The largest absolute Gasteiger partial charge is 0.416 e. The number of carbonyl (C=O) groups excluding carboxylic acids is 1. The number of carbonyl (C=O) groups is 1. The third-order valence-electron chi connectivity index (χ3n) is 5.65. The number of anilines is 2. The second-order valence-corrected chi connectivity index (χ2v) is 9.76. The van der Waals surface area contributed by atoms with Crippen LogP contribution in [-0.2, 0) is 25.7 Å². The van der Waals surface area contributed by atoms with E-state index in [1.54, 1.807) is 6.07 Å². The molecule has 2 aliphatic rings. The zero-order valence-corrected chi connectivity index (χ0v) is 19.0. The quantitative estimate of drug-likeness (QED) is 0.681. The number of nitrogens with zero attached hydrogens (tertiary/aromatic N) is 2. The molecule has 0 atom stereocenters. The lowest BCUT2D eigenvalue weighted by molar-refractivity contribution is -0.137. The highest BCUT2D eigenvalue weighted by Crippen LogP contribution is 2.32. The van der Waals surface area contributed by atoms with Gasteiger partial charge in [-0.25, -0.2) is 8.42 Å². The Morgan fingerprint density at radius 1 is 0.882 bits per heavy atom. The lowest BCUT2D eigenvalue weighted by atomic mass is 10.1. The van der Waals surface area contributed by atoms with Gasteiger partial charge in [0, 0.05) is 31.7 Å². The van der Waals surface area contributed by atoms with E-state index in [1.807, 2.05) is 4.90 Å². The fourth-order valence-corrected chi connectivity index (χ4v) is 5.23. The summed E-state index contributed by atoms with van der Waals surface area (Å²) >= 11 is 0. The molecule has 8 nitrogen and oxygen atoms in total. The molecule has 0 aliphatic carbocycles. The summed E-state index contributed by atoms with van der Waals surface area (Å²) in [6.07, 6.45) is -4.51. The van der Waals surface area contributed by atoms with Crippen molar-refractivity contribution < 1.29 is 35.9 Å². The maximum absolute atomic E-state index is 13.1. The van der Waals surface area contributed by atoms with Crippen LogP contribution in [0, 0.1) is 0 Å². The highest BCUT2D eigenvalue weighted by Gasteiger charge is 2.31. The summed E-state index contributed by atoms with van der Waals surface area (Å²) in [5.74, 6) is -0.649. The van der Waals surface area contributed by atoms with Gasteiger partial charge in [-0.3, -0.25) is 4.79 Å². The molecule has 2 heterocycles. The molecular formula is C22H24F3N3O5S. The first-order valence-corrected chi connectivity index (χ1v) is 12.1. The van der Waals surface area contributed by atoms with Crippen LogP contribution in [0.15, 0.2) is 47.4 Å². The molecule has 2 aliphatic heterocycles. The molecule has 0 unspecified atom stereocenters. The smallest absolute Gasteiger partial charge is 0.379 e. The van der Waals surface area contributed by atoms with E-state index in [1.165, 1.54) is 16.4 Å². The first-order chi connectivity index (χ1) is 16.2. The number of benzene rings is 2. The Morgan fingerprint density at radius 2 is 1.47 bits per heavy atom. The third-order valence-corrected chi connectivity index (χ3v) is 7.54. The Balaban J connectivity index is 1.65. The number of morpholine rings is 2. The van der Waals surface area contributed by atoms with E-state index in [0.29, 0.717) is 45.2 Å². The molecule has 2 aromatic rings. The number of nitrogens with one attached hydrogen (secondary N) is 1. The van der Waals surface area contributed by atoms with Crippen LogP contribution in [0.4, 0.5) is 24.5 Å². The minimum Gasteiger partial charge on any atom is -0.379 e. The number of ether oxygens (including phenoxy) is 2. The van der Waals surface area contributed by atoms with Gasteiger partial charge in [0.25, 0.3) is 5.91 Å². The molecule has 34 heavy (non-hydrogen) atoms. The fourth-order valence-electron chi connectivity index (χ4n) is 3.80. The average Bonchev–Trinajstić information content (AvgIpc) is 2.84. The number of amides is 1. The first kappa shape index (κ1) is 24.5. The molecule has 0 saturated carbocycles. The van der Waals surface area contributed by atoms with Gasteiger partial charge in [-0.15, -0.1) is 0 Å². The van der Waals surface area contributed by atoms with Crippen molar-refractivity contribution in [3.63, 3.8) is 0 Å². The lowest BCUT2D eigenvalue weighted by Gasteiger charge is -2.31. The van der Waals surface area contributed by atoms with E-state index in [2.05, 4.69) is 5.32 Å². The Morgan fingerprint density at radius 3 is 2.06 bits per heavy atom. The van der Waals surface area contributed by atoms with Gasteiger partial charge in [0.2, 0.25) is 10.0 Å². The molecule has 184 valence electrons. The molecule has 0 spiro atoms. The Bertz CT molecular complexity index is 1130. The molecule has 2 aromatic carbocycles. The van der Waals surface area contributed by atoms with Crippen molar-refractivity contribution in [3.05, 3.63) is 53.6 Å². The van der Waals surface area contributed by atoms with Crippen LogP contribution < -0.4 is 10.2 Å². The fraction of sp³-hybridized carbons (Fsp3) is 0.409. The van der Waals surface area contributed by atoms with Crippen molar-refractivity contribution in [2.24, 2.45) is 0 Å². The van der Waals surface area contributed by atoms with E-state index in [9.17, 15) is 26.4 Å². The third kappa shape index (κ3) is 5.35. The number of rotatable bonds is 5. The van der Waals surface area contributed by atoms with Crippen LogP contribution in [0.25, 0.3) is 0 Å². The number of sulfonamides is 1. The molecule has 2 fully saturated rings. The first-order valence-electron chi connectivity index (χ1n) is 10.7. The molecule has 12 heteroatoms. The van der Waals surface area contributed by atoms with Crippen molar-refractivity contribution in [1.82, 2.24) is 4.31 Å². The van der Waals surface area contributed by atoms with Crippen molar-refractivity contribution in [2.75, 3.05) is 62.8 Å². The topological polar surface area (TPSA) is 88.2 Å². The zero-order valence-electron chi connectivity index (χ0n) is 18.2. The monoisotopic (exact) mass is 499 g/mol. The number of hydrogen-bond acceptors (Lipinski definition) is 6. The second-order valence-electron chi connectivity index (χ2n) is 7.82. The summed E-state index contributed by atoms with van der Waals surface area (Å²) in [4.78, 5) is 14.8. The van der Waals surface area contributed by atoms with E-state index < -0.39 is 27.7 Å². The lowest BCUT2D eigenvalue weighted by Crippen LogP contribution is -2.40. The summed E-state index contributed by atoms with van der Waals surface area (Å²) in [5.41, 5.74) is 0.00430. The maximum Gasteiger partial charge on any atom is 0.416 e. The Kier molecular flexibility index (Phi) is 7.12. The summed E-state index contributed by atoms with van der Waals surface area (Å²) in [7, 11) is -3.82. The van der Waals surface area contributed by atoms with Gasteiger partial charge in [0.1, 0.15) is 0 Å². The van der Waals surface area contributed by atoms with Gasteiger partial charge >= 0.3 is 6.18 Å². The van der Waals surface area contributed by atoms with Crippen LogP contribution in [0.5, 0.6) is 0 Å². The van der Waals surface area contributed by atoms with Gasteiger partial charge < -0.3 is 19.7 Å². The van der Waals surface area contributed by atoms with E-state index >= 15 is 0 Å². The standard InChI is InChI=1S/C22H24F3N3O5S/c23-22(24,25)17-3-1-16(2-4-17)21(29)26-19-15-18(34(30,31)28-9-13-33-14-10-28)5-6-20(19)27-7-11-32-12-8-27/h1-6,15H,7-14H2,(H,26,29). The van der Waals surface area contributed by atoms with Gasteiger partial charge in [0.15, 0.2) is 0 Å². The van der Waals surface area contributed by atoms with Gasteiger partial charge in [-0.05, 0) is 42.5 Å². The Labute approximate surface area is 195 Å². The van der Waals surface area contributed by atoms with Crippen LogP contribution in [0.2, 0.25) is 0 Å². The van der Waals surface area contributed by atoms with Gasteiger partial charge in [-0.1, -0.05) is 0 Å². The van der Waals surface area contributed by atoms with E-state index in [-0.39, 0.29) is 29.2 Å². The maximum atomic E-state index is 13.1. The number of alkyl halides is 3. The van der Waals surface area contributed by atoms with Crippen LogP contribution in [0.3, 0.4) is 0 Å². The molecule has 0 aromatic heterocycles. The predicted molar refractivity (Wildman–Crippen MR) is 118 cm³/mol. The van der Waals surface area contributed by atoms with Crippen LogP contribution in [0.1, 0.15) is 15.9 Å². The van der Waals surface area contributed by atoms with Gasteiger partial charge in [-0.2, -0.15) is 17.5 Å². The van der Waals surface area contributed by atoms with Crippen molar-refractivity contribution in [1.29, 1.82) is 0 Å². The van der Waals surface area contributed by atoms with Crippen LogP contribution >= 0.6 is 0 Å². The molecule has 0 bridgehead atoms. The molecule has 1 N–H and O–H groups in total. The van der Waals surface area contributed by atoms with E-state index in [4.69, 9.17) is 9.47 Å².